The van der Waals surface area contributed by atoms with Gasteiger partial charge in [-0.15, -0.1) is 0 Å². The van der Waals surface area contributed by atoms with E-state index in [1.165, 1.54) is 12.3 Å². The van der Waals surface area contributed by atoms with E-state index in [9.17, 15) is 14.7 Å². The Morgan fingerprint density at radius 3 is 3.05 bits per heavy atom. The summed E-state index contributed by atoms with van der Waals surface area (Å²) in [4.78, 5) is 29.8. The lowest BCUT2D eigenvalue weighted by Crippen LogP contribution is -2.46. The largest absolute Gasteiger partial charge is 0.505 e. The average molecular weight is 292 g/mol. The molecule has 7 heteroatoms. The SMILES string of the molecule is NCCNC(=O)C1CCCN(C(=O)c2ncccc2O)C1. The summed E-state index contributed by atoms with van der Waals surface area (Å²) in [6, 6.07) is 2.99. The highest BCUT2D eigenvalue weighted by Crippen LogP contribution is 2.21. The molecule has 0 saturated carbocycles. The molecule has 2 heterocycles. The van der Waals surface area contributed by atoms with Crippen molar-refractivity contribution in [1.29, 1.82) is 0 Å². The maximum absolute atomic E-state index is 12.4. The van der Waals surface area contributed by atoms with E-state index in [0.29, 0.717) is 26.2 Å². The van der Waals surface area contributed by atoms with Crippen LogP contribution in [0, 0.1) is 5.92 Å². The number of hydrogen-bond donors (Lipinski definition) is 3. The van der Waals surface area contributed by atoms with Gasteiger partial charge >= 0.3 is 0 Å². The van der Waals surface area contributed by atoms with E-state index >= 15 is 0 Å². The van der Waals surface area contributed by atoms with E-state index in [0.717, 1.165) is 12.8 Å². The van der Waals surface area contributed by atoms with Gasteiger partial charge in [0.15, 0.2) is 5.69 Å². The zero-order valence-electron chi connectivity index (χ0n) is 11.8. The van der Waals surface area contributed by atoms with Crippen LogP contribution in [0.25, 0.3) is 0 Å². The predicted molar refractivity (Wildman–Crippen MR) is 76.6 cm³/mol. The Morgan fingerprint density at radius 2 is 2.33 bits per heavy atom. The first-order valence-corrected chi connectivity index (χ1v) is 7.04. The molecule has 1 saturated heterocycles. The molecule has 0 aromatic carbocycles. The lowest BCUT2D eigenvalue weighted by atomic mass is 9.96. The second kappa shape index (κ2) is 7.03. The van der Waals surface area contributed by atoms with Crippen LogP contribution >= 0.6 is 0 Å². The number of aromatic nitrogens is 1. The maximum Gasteiger partial charge on any atom is 0.276 e. The number of pyridine rings is 1. The van der Waals surface area contributed by atoms with E-state index in [-0.39, 0.29) is 29.2 Å². The maximum atomic E-state index is 12.4. The number of amides is 2. The Labute approximate surface area is 123 Å². The molecule has 1 aromatic heterocycles. The Morgan fingerprint density at radius 1 is 1.52 bits per heavy atom. The molecular weight excluding hydrogens is 272 g/mol. The fraction of sp³-hybridized carbons (Fsp3) is 0.500. The van der Waals surface area contributed by atoms with Crippen LogP contribution in [0.4, 0.5) is 0 Å². The number of nitrogens with one attached hydrogen (secondary N) is 1. The second-order valence-corrected chi connectivity index (χ2v) is 5.04. The minimum Gasteiger partial charge on any atom is -0.505 e. The standard InChI is InChI=1S/C14H20N4O3/c15-5-7-17-13(20)10-3-2-8-18(9-10)14(21)12-11(19)4-1-6-16-12/h1,4,6,10,19H,2-3,5,7-9,15H2,(H,17,20). The van der Waals surface area contributed by atoms with Crippen LogP contribution in [0.15, 0.2) is 18.3 Å². The fourth-order valence-electron chi connectivity index (χ4n) is 2.43. The van der Waals surface area contributed by atoms with Crippen molar-refractivity contribution < 1.29 is 14.7 Å². The average Bonchev–Trinajstić information content (AvgIpc) is 2.52. The molecule has 1 aromatic rings. The van der Waals surface area contributed by atoms with Gasteiger partial charge in [-0.1, -0.05) is 0 Å². The van der Waals surface area contributed by atoms with Crippen molar-refractivity contribution in [3.8, 4) is 5.75 Å². The highest BCUT2D eigenvalue weighted by Gasteiger charge is 2.30. The van der Waals surface area contributed by atoms with Gasteiger partial charge in [-0.2, -0.15) is 0 Å². The zero-order valence-corrected chi connectivity index (χ0v) is 11.8. The summed E-state index contributed by atoms with van der Waals surface area (Å²) in [5.74, 6) is -0.801. The fourth-order valence-corrected chi connectivity index (χ4v) is 2.43. The smallest absolute Gasteiger partial charge is 0.276 e. The summed E-state index contributed by atoms with van der Waals surface area (Å²) in [5.41, 5.74) is 5.39. The van der Waals surface area contributed by atoms with E-state index in [4.69, 9.17) is 5.73 Å². The topological polar surface area (TPSA) is 109 Å². The molecule has 0 aliphatic carbocycles. The zero-order chi connectivity index (χ0) is 15.2. The van der Waals surface area contributed by atoms with Crippen LogP contribution in [0.1, 0.15) is 23.3 Å². The predicted octanol–water partition coefficient (Wildman–Crippen LogP) is -0.286. The van der Waals surface area contributed by atoms with Crippen molar-refractivity contribution in [3.05, 3.63) is 24.0 Å². The van der Waals surface area contributed by atoms with E-state index in [1.54, 1.807) is 11.0 Å². The Kier molecular flexibility index (Phi) is 5.10. The number of carbonyl (C=O) groups excluding carboxylic acids is 2. The lowest BCUT2D eigenvalue weighted by Gasteiger charge is -2.31. The van der Waals surface area contributed by atoms with Gasteiger partial charge in [-0.3, -0.25) is 9.59 Å². The molecule has 0 spiro atoms. The van der Waals surface area contributed by atoms with Crippen molar-refractivity contribution in [2.45, 2.75) is 12.8 Å². The summed E-state index contributed by atoms with van der Waals surface area (Å²) < 4.78 is 0. The van der Waals surface area contributed by atoms with Crippen LogP contribution in [-0.2, 0) is 4.79 Å². The molecule has 21 heavy (non-hydrogen) atoms. The van der Waals surface area contributed by atoms with Crippen LogP contribution in [0.5, 0.6) is 5.75 Å². The van der Waals surface area contributed by atoms with Crippen LogP contribution < -0.4 is 11.1 Å². The number of nitrogens with zero attached hydrogens (tertiary/aromatic N) is 2. The second-order valence-electron chi connectivity index (χ2n) is 5.04. The van der Waals surface area contributed by atoms with E-state index in [1.807, 2.05) is 0 Å². The number of carbonyl (C=O) groups is 2. The minimum atomic E-state index is -0.343. The van der Waals surface area contributed by atoms with Crippen LogP contribution in [0.3, 0.4) is 0 Å². The number of hydrogen-bond acceptors (Lipinski definition) is 5. The highest BCUT2D eigenvalue weighted by molar-refractivity contribution is 5.95. The van der Waals surface area contributed by atoms with E-state index < -0.39 is 0 Å². The third-order valence-corrected chi connectivity index (χ3v) is 3.51. The molecule has 2 rings (SSSR count). The summed E-state index contributed by atoms with van der Waals surface area (Å²) in [5, 5.41) is 12.4. The van der Waals surface area contributed by atoms with Crippen molar-refractivity contribution in [3.63, 3.8) is 0 Å². The number of piperidine rings is 1. The molecule has 1 aliphatic heterocycles. The van der Waals surface area contributed by atoms with E-state index in [2.05, 4.69) is 10.3 Å². The third-order valence-electron chi connectivity index (χ3n) is 3.51. The molecule has 1 fully saturated rings. The van der Waals surface area contributed by atoms with Crippen LogP contribution in [0.2, 0.25) is 0 Å². The van der Waals surface area contributed by atoms with Crippen molar-refractivity contribution in [2.75, 3.05) is 26.2 Å². The Balaban J connectivity index is 2.02. The lowest BCUT2D eigenvalue weighted by molar-refractivity contribution is -0.126. The van der Waals surface area contributed by atoms with Crippen molar-refractivity contribution in [1.82, 2.24) is 15.2 Å². The molecule has 114 valence electrons. The van der Waals surface area contributed by atoms with Crippen molar-refractivity contribution in [2.24, 2.45) is 11.7 Å². The first-order chi connectivity index (χ1) is 10.1. The molecule has 1 aliphatic rings. The van der Waals surface area contributed by atoms with Crippen LogP contribution in [-0.4, -0.2) is 53.0 Å². The quantitative estimate of drug-likeness (QED) is 0.707. The molecule has 7 nitrogen and oxygen atoms in total. The number of likely N-dealkylation sites (tertiary alicyclic amines) is 1. The van der Waals surface area contributed by atoms with Crippen molar-refractivity contribution >= 4 is 11.8 Å². The summed E-state index contributed by atoms with van der Waals surface area (Å²) >= 11 is 0. The van der Waals surface area contributed by atoms with Gasteiger partial charge in [-0.25, -0.2) is 4.98 Å². The molecule has 1 atom stereocenters. The summed E-state index contributed by atoms with van der Waals surface area (Å²) in [6.45, 7) is 1.73. The minimum absolute atomic E-state index is 0.0283. The van der Waals surface area contributed by atoms with Gasteiger partial charge < -0.3 is 21.1 Å². The van der Waals surface area contributed by atoms with Gasteiger partial charge in [0.05, 0.1) is 5.92 Å². The van der Waals surface area contributed by atoms with Gasteiger partial charge in [-0.05, 0) is 25.0 Å². The Bertz CT molecular complexity index is 521. The molecule has 4 N–H and O–H groups in total. The monoisotopic (exact) mass is 292 g/mol. The van der Waals surface area contributed by atoms with Gasteiger partial charge in [0, 0.05) is 32.4 Å². The normalized spacial score (nSPS) is 18.3. The molecule has 1 unspecified atom stereocenters. The summed E-state index contributed by atoms with van der Waals surface area (Å²) in [6.07, 6.45) is 2.96. The number of aromatic hydroxyl groups is 1. The summed E-state index contributed by atoms with van der Waals surface area (Å²) in [7, 11) is 0. The highest BCUT2D eigenvalue weighted by atomic mass is 16.3. The molecular formula is C14H20N4O3. The number of rotatable bonds is 4. The first-order valence-electron chi connectivity index (χ1n) is 7.04. The van der Waals surface area contributed by atoms with Gasteiger partial charge in [0.25, 0.3) is 5.91 Å². The molecule has 0 bridgehead atoms. The molecule has 2 amide bonds. The Hall–Kier alpha value is -2.15. The van der Waals surface area contributed by atoms with Gasteiger partial charge in [0.1, 0.15) is 5.75 Å². The third kappa shape index (κ3) is 3.69. The number of nitrogens with two attached hydrogens (primary N) is 1. The first kappa shape index (κ1) is 15.2. The van der Waals surface area contributed by atoms with Gasteiger partial charge in [0.2, 0.25) is 5.91 Å². The molecule has 0 radical (unpaired) electrons.